The summed E-state index contributed by atoms with van der Waals surface area (Å²) in [6.45, 7) is 4.56. The molecule has 9 heteroatoms. The predicted octanol–water partition coefficient (Wildman–Crippen LogP) is 4.19. The lowest BCUT2D eigenvalue weighted by Crippen LogP contribution is -2.22. The van der Waals surface area contributed by atoms with Crippen LogP contribution in [0.4, 0.5) is 5.13 Å². The van der Waals surface area contributed by atoms with E-state index in [-0.39, 0.29) is 11.2 Å². The zero-order valence-electron chi connectivity index (χ0n) is 13.6. The third-order valence-corrected chi connectivity index (χ3v) is 5.47. The molecule has 3 rings (SSSR count). The summed E-state index contributed by atoms with van der Waals surface area (Å²) < 4.78 is 1.99. The molecule has 0 radical (unpaired) electrons. The minimum absolute atomic E-state index is 0.112. The van der Waals surface area contributed by atoms with Gasteiger partial charge in [0.25, 0.3) is 0 Å². The van der Waals surface area contributed by atoms with Crippen molar-refractivity contribution >= 4 is 45.7 Å². The molecule has 0 spiro atoms. The first-order valence-corrected chi connectivity index (χ1v) is 9.78. The molecule has 0 aliphatic rings. The van der Waals surface area contributed by atoms with Crippen LogP contribution < -0.4 is 5.32 Å². The van der Waals surface area contributed by atoms with Crippen molar-refractivity contribution in [3.63, 3.8) is 0 Å². The molecule has 0 saturated carbocycles. The Morgan fingerprint density at radius 1 is 1.36 bits per heavy atom. The van der Waals surface area contributed by atoms with Crippen molar-refractivity contribution in [3.05, 3.63) is 40.9 Å². The van der Waals surface area contributed by atoms with Crippen LogP contribution in [0.2, 0.25) is 5.02 Å². The van der Waals surface area contributed by atoms with E-state index < -0.39 is 0 Å². The molecule has 0 fully saturated rings. The zero-order valence-corrected chi connectivity index (χ0v) is 16.0. The minimum Gasteiger partial charge on any atom is -0.302 e. The van der Waals surface area contributed by atoms with Crippen LogP contribution in [0.5, 0.6) is 0 Å². The highest BCUT2D eigenvalue weighted by molar-refractivity contribution is 8.00. The summed E-state index contributed by atoms with van der Waals surface area (Å²) in [6.07, 6.45) is 1.66. The molecule has 1 atom stereocenters. The van der Waals surface area contributed by atoms with Gasteiger partial charge < -0.3 is 9.88 Å². The number of benzene rings is 1. The van der Waals surface area contributed by atoms with E-state index >= 15 is 0 Å². The van der Waals surface area contributed by atoms with Gasteiger partial charge in [-0.2, -0.15) is 0 Å². The van der Waals surface area contributed by atoms with Gasteiger partial charge in [-0.25, -0.2) is 4.98 Å². The molecule has 1 aromatic carbocycles. The number of nitrogens with one attached hydrogen (secondary N) is 1. The van der Waals surface area contributed by atoms with Crippen molar-refractivity contribution in [1.29, 1.82) is 0 Å². The van der Waals surface area contributed by atoms with Crippen LogP contribution >= 0.6 is 34.7 Å². The number of halogens is 1. The van der Waals surface area contributed by atoms with Crippen LogP contribution in [-0.2, 0) is 11.3 Å². The van der Waals surface area contributed by atoms with E-state index in [9.17, 15) is 4.79 Å². The van der Waals surface area contributed by atoms with Gasteiger partial charge in [0.1, 0.15) is 0 Å². The summed E-state index contributed by atoms with van der Waals surface area (Å²) in [5.41, 5.74) is 0.936. The van der Waals surface area contributed by atoms with Crippen LogP contribution in [0.25, 0.3) is 11.4 Å². The van der Waals surface area contributed by atoms with E-state index in [1.165, 1.54) is 23.1 Å². The third kappa shape index (κ3) is 4.20. The molecule has 0 aliphatic heterocycles. The number of carbonyl (C=O) groups excluding carboxylic acids is 1. The maximum absolute atomic E-state index is 12.3. The molecule has 0 unspecified atom stereocenters. The Kier molecular flexibility index (Phi) is 5.72. The van der Waals surface area contributed by atoms with Crippen molar-refractivity contribution in [1.82, 2.24) is 19.7 Å². The Balaban J connectivity index is 1.76. The average Bonchev–Trinajstić information content (AvgIpc) is 3.25. The molecule has 1 N–H and O–H groups in total. The maximum Gasteiger partial charge on any atom is 0.239 e. The Bertz CT molecular complexity index is 848. The third-order valence-electron chi connectivity index (χ3n) is 3.45. The number of rotatable bonds is 6. The number of amides is 1. The van der Waals surface area contributed by atoms with E-state index in [4.69, 9.17) is 11.6 Å². The quantitative estimate of drug-likeness (QED) is 0.635. The number of aromatic nitrogens is 4. The van der Waals surface area contributed by atoms with Crippen molar-refractivity contribution in [2.45, 2.75) is 30.8 Å². The highest BCUT2D eigenvalue weighted by atomic mass is 35.5. The van der Waals surface area contributed by atoms with E-state index in [1.807, 2.05) is 48.1 Å². The Labute approximate surface area is 158 Å². The number of carbonyl (C=O) groups is 1. The topological polar surface area (TPSA) is 72.7 Å². The summed E-state index contributed by atoms with van der Waals surface area (Å²) in [7, 11) is 0. The van der Waals surface area contributed by atoms with Gasteiger partial charge in [-0.1, -0.05) is 23.4 Å². The summed E-state index contributed by atoms with van der Waals surface area (Å²) in [4.78, 5) is 16.4. The fraction of sp³-hybridized carbons (Fsp3) is 0.250. The molecule has 2 heterocycles. The standard InChI is InChI=1S/C16H16ClN5OS2/c1-3-22-13(11-4-6-12(17)7-5-11)20-21-16(22)25-10(2)14(23)19-15-18-8-9-24-15/h4-10H,3H2,1-2H3,(H,18,19,23)/t10-/m1/s1. The fourth-order valence-electron chi connectivity index (χ4n) is 2.18. The molecular weight excluding hydrogens is 378 g/mol. The second-order valence-electron chi connectivity index (χ2n) is 5.14. The van der Waals surface area contributed by atoms with Crippen molar-refractivity contribution < 1.29 is 4.79 Å². The molecule has 0 saturated heterocycles. The molecule has 0 aliphatic carbocycles. The van der Waals surface area contributed by atoms with Crippen molar-refractivity contribution in [3.8, 4) is 11.4 Å². The first kappa shape index (κ1) is 17.9. The fourth-order valence-corrected chi connectivity index (χ4v) is 3.75. The van der Waals surface area contributed by atoms with Gasteiger partial charge in [0.2, 0.25) is 5.91 Å². The van der Waals surface area contributed by atoms with E-state index in [1.54, 1.807) is 6.20 Å². The van der Waals surface area contributed by atoms with Gasteiger partial charge in [-0.15, -0.1) is 21.5 Å². The predicted molar refractivity (Wildman–Crippen MR) is 102 cm³/mol. The maximum atomic E-state index is 12.3. The van der Waals surface area contributed by atoms with E-state index in [2.05, 4.69) is 20.5 Å². The van der Waals surface area contributed by atoms with Crippen molar-refractivity contribution in [2.75, 3.05) is 5.32 Å². The molecule has 2 aromatic heterocycles. The number of hydrogen-bond donors (Lipinski definition) is 1. The van der Waals surface area contributed by atoms with Gasteiger partial charge >= 0.3 is 0 Å². The molecule has 130 valence electrons. The lowest BCUT2D eigenvalue weighted by atomic mass is 10.2. The van der Waals surface area contributed by atoms with Gasteiger partial charge in [-0.3, -0.25) is 4.79 Å². The smallest absolute Gasteiger partial charge is 0.239 e. The first-order chi connectivity index (χ1) is 12.1. The number of thioether (sulfide) groups is 1. The normalized spacial score (nSPS) is 12.1. The zero-order chi connectivity index (χ0) is 17.8. The van der Waals surface area contributed by atoms with Crippen LogP contribution in [0.15, 0.2) is 41.0 Å². The minimum atomic E-state index is -0.323. The van der Waals surface area contributed by atoms with Crippen molar-refractivity contribution in [2.24, 2.45) is 0 Å². The summed E-state index contributed by atoms with van der Waals surface area (Å²) in [5, 5.41) is 14.8. The number of anilines is 1. The summed E-state index contributed by atoms with van der Waals surface area (Å²) in [5.74, 6) is 0.646. The molecule has 6 nitrogen and oxygen atoms in total. The highest BCUT2D eigenvalue weighted by Crippen LogP contribution is 2.28. The van der Waals surface area contributed by atoms with Gasteiger partial charge in [0, 0.05) is 28.7 Å². The SMILES string of the molecule is CCn1c(S[C@H](C)C(=O)Nc2nccs2)nnc1-c1ccc(Cl)cc1. The Hall–Kier alpha value is -1.90. The highest BCUT2D eigenvalue weighted by Gasteiger charge is 2.20. The van der Waals surface area contributed by atoms with Gasteiger partial charge in [0.05, 0.1) is 5.25 Å². The average molecular weight is 394 g/mol. The lowest BCUT2D eigenvalue weighted by Gasteiger charge is -2.11. The van der Waals surface area contributed by atoms with Crippen LogP contribution in [0.3, 0.4) is 0 Å². The molecule has 3 aromatic rings. The summed E-state index contributed by atoms with van der Waals surface area (Å²) >= 11 is 8.70. The van der Waals surface area contributed by atoms with E-state index in [0.29, 0.717) is 21.9 Å². The monoisotopic (exact) mass is 393 g/mol. The second kappa shape index (κ2) is 7.99. The van der Waals surface area contributed by atoms with Crippen LogP contribution in [0.1, 0.15) is 13.8 Å². The molecule has 1 amide bonds. The van der Waals surface area contributed by atoms with E-state index in [0.717, 1.165) is 11.4 Å². The summed E-state index contributed by atoms with van der Waals surface area (Å²) in [6, 6.07) is 7.46. The van der Waals surface area contributed by atoms with Crippen LogP contribution in [0, 0.1) is 0 Å². The Morgan fingerprint density at radius 3 is 2.76 bits per heavy atom. The first-order valence-electron chi connectivity index (χ1n) is 7.64. The second-order valence-corrected chi connectivity index (χ2v) is 7.78. The lowest BCUT2D eigenvalue weighted by molar-refractivity contribution is -0.115. The molecular formula is C16H16ClN5OS2. The number of nitrogens with zero attached hydrogens (tertiary/aromatic N) is 4. The number of hydrogen-bond acceptors (Lipinski definition) is 6. The molecule has 25 heavy (non-hydrogen) atoms. The molecule has 0 bridgehead atoms. The van der Waals surface area contributed by atoms with Gasteiger partial charge in [0.15, 0.2) is 16.1 Å². The Morgan fingerprint density at radius 2 is 2.12 bits per heavy atom. The number of thiazole rings is 1. The van der Waals surface area contributed by atoms with Crippen LogP contribution in [-0.4, -0.2) is 30.9 Å². The van der Waals surface area contributed by atoms with Gasteiger partial charge in [-0.05, 0) is 38.1 Å². The largest absolute Gasteiger partial charge is 0.302 e.